The zero-order chi connectivity index (χ0) is 28.1. The summed E-state index contributed by atoms with van der Waals surface area (Å²) in [5, 5.41) is 34.9. The number of benzene rings is 3. The van der Waals surface area contributed by atoms with Crippen LogP contribution >= 0.6 is 0 Å². The lowest BCUT2D eigenvalue weighted by atomic mass is 9.53. The van der Waals surface area contributed by atoms with Gasteiger partial charge >= 0.3 is 0 Å². The molecular formula is C35H38N2O4. The maximum atomic E-state index is 13.3. The van der Waals surface area contributed by atoms with Gasteiger partial charge in [0, 0.05) is 36.0 Å². The molecule has 4 N–H and O–H groups in total. The van der Waals surface area contributed by atoms with Crippen molar-refractivity contribution in [1.29, 1.82) is 0 Å². The van der Waals surface area contributed by atoms with Gasteiger partial charge in [-0.3, -0.25) is 9.69 Å². The fraction of sp³-hybridized carbons (Fsp3) is 0.400. The summed E-state index contributed by atoms with van der Waals surface area (Å²) in [4.78, 5) is 16.0. The largest absolute Gasteiger partial charge is 0.508 e. The number of aliphatic hydroxyl groups excluding tert-OH is 1. The lowest BCUT2D eigenvalue weighted by molar-refractivity contribution is 0.00393. The Labute approximate surface area is 241 Å². The molecule has 2 unspecified atom stereocenters. The number of aliphatic hydroxyl groups is 1. The average Bonchev–Trinajstić information content (AvgIpc) is 3.79. The lowest BCUT2D eigenvalue weighted by Gasteiger charge is -2.58. The van der Waals surface area contributed by atoms with Crippen LogP contribution in [0.2, 0.25) is 0 Å². The quantitative estimate of drug-likeness (QED) is 0.313. The first-order valence-electron chi connectivity index (χ1n) is 15.0. The van der Waals surface area contributed by atoms with E-state index in [1.54, 1.807) is 18.2 Å². The molecule has 0 spiro atoms. The molecular weight excluding hydrogens is 512 g/mol. The summed E-state index contributed by atoms with van der Waals surface area (Å²) < 4.78 is 0. The normalized spacial score (nSPS) is 26.7. The molecule has 1 heterocycles. The number of hydrogen-bond acceptors (Lipinski definition) is 5. The van der Waals surface area contributed by atoms with Gasteiger partial charge in [0.25, 0.3) is 5.91 Å². The number of carbonyl (C=O) groups excluding carboxylic acids is 1. The molecule has 1 amide bonds. The molecule has 3 aromatic rings. The molecule has 6 nitrogen and oxygen atoms in total. The molecule has 3 aliphatic carbocycles. The van der Waals surface area contributed by atoms with Crippen LogP contribution in [0, 0.1) is 11.8 Å². The first kappa shape index (κ1) is 26.3. The van der Waals surface area contributed by atoms with E-state index in [-0.39, 0.29) is 28.7 Å². The van der Waals surface area contributed by atoms with Crippen molar-refractivity contribution in [2.75, 3.05) is 19.6 Å². The fourth-order valence-corrected chi connectivity index (χ4v) is 7.72. The second-order valence-electron chi connectivity index (χ2n) is 12.5. The van der Waals surface area contributed by atoms with E-state index in [0.717, 1.165) is 59.7 Å². The van der Waals surface area contributed by atoms with Gasteiger partial charge in [-0.1, -0.05) is 54.6 Å². The highest BCUT2D eigenvalue weighted by atomic mass is 16.3. The van der Waals surface area contributed by atoms with Gasteiger partial charge < -0.3 is 20.6 Å². The molecule has 1 saturated heterocycles. The van der Waals surface area contributed by atoms with Gasteiger partial charge in [-0.2, -0.15) is 0 Å². The minimum Gasteiger partial charge on any atom is -0.508 e. The average molecular weight is 551 g/mol. The van der Waals surface area contributed by atoms with E-state index >= 15 is 0 Å². The van der Waals surface area contributed by atoms with Crippen LogP contribution < -0.4 is 5.32 Å². The molecule has 41 heavy (non-hydrogen) atoms. The number of piperidine rings is 1. The molecule has 4 atom stereocenters. The molecule has 6 heteroatoms. The standard InChI is InChI=1S/C35H38N2O4/c38-27-10-7-25(8-11-27)24-5-3-22(4-6-24)15-17-36-34(41)29-13-9-26-19-31-30-14-12-28(39)20-35(30,32(26)33(29)40)16-18-37(31)21-23-1-2-23/h3-14,23,28,30-31,38-40H,1-2,15-21H2,(H,36,41)/t28-,30-,31?,35?/m0/s1. The maximum absolute atomic E-state index is 13.3. The number of aromatic hydroxyl groups is 2. The molecule has 1 aliphatic heterocycles. The van der Waals surface area contributed by atoms with Gasteiger partial charge in [0.1, 0.15) is 11.5 Å². The third kappa shape index (κ3) is 4.83. The predicted octanol–water partition coefficient (Wildman–Crippen LogP) is 4.95. The Morgan fingerprint density at radius 2 is 1.68 bits per heavy atom. The van der Waals surface area contributed by atoms with Crippen LogP contribution in [0.5, 0.6) is 11.5 Å². The Balaban J connectivity index is 1.07. The number of likely N-dealkylation sites (tertiary alicyclic amines) is 1. The van der Waals surface area contributed by atoms with Crippen molar-refractivity contribution >= 4 is 5.91 Å². The van der Waals surface area contributed by atoms with E-state index in [2.05, 4.69) is 28.4 Å². The Morgan fingerprint density at radius 1 is 0.951 bits per heavy atom. The molecule has 7 rings (SSSR count). The minimum absolute atomic E-state index is 0.0971. The Hall–Kier alpha value is -3.61. The number of phenolic OH excluding ortho intramolecular Hbond substituents is 2. The van der Waals surface area contributed by atoms with Gasteiger partial charge in [0.05, 0.1) is 11.7 Å². The van der Waals surface area contributed by atoms with Crippen molar-refractivity contribution in [3.8, 4) is 22.6 Å². The van der Waals surface area contributed by atoms with Crippen LogP contribution in [0.4, 0.5) is 0 Å². The molecule has 2 bridgehead atoms. The fourth-order valence-electron chi connectivity index (χ4n) is 7.72. The molecule has 3 aromatic carbocycles. The third-order valence-corrected chi connectivity index (χ3v) is 9.96. The number of nitrogens with zero attached hydrogens (tertiary/aromatic N) is 1. The summed E-state index contributed by atoms with van der Waals surface area (Å²) in [6.07, 6.45) is 9.27. The van der Waals surface area contributed by atoms with E-state index in [4.69, 9.17) is 0 Å². The number of phenols is 2. The van der Waals surface area contributed by atoms with E-state index in [1.165, 1.54) is 12.8 Å². The van der Waals surface area contributed by atoms with Crippen LogP contribution in [0.1, 0.15) is 52.7 Å². The number of carbonyl (C=O) groups is 1. The summed E-state index contributed by atoms with van der Waals surface area (Å²) in [6.45, 7) is 2.58. The lowest BCUT2D eigenvalue weighted by Crippen LogP contribution is -2.61. The third-order valence-electron chi connectivity index (χ3n) is 9.96. The number of rotatable bonds is 7. The molecule has 4 aliphatic rings. The number of fused-ring (bicyclic) bond motifs is 1. The Kier molecular flexibility index (Phi) is 6.63. The van der Waals surface area contributed by atoms with E-state index < -0.39 is 6.10 Å². The van der Waals surface area contributed by atoms with Crippen molar-refractivity contribution < 1.29 is 20.1 Å². The van der Waals surface area contributed by atoms with E-state index in [1.807, 2.05) is 36.4 Å². The van der Waals surface area contributed by atoms with E-state index in [9.17, 15) is 20.1 Å². The van der Waals surface area contributed by atoms with Crippen molar-refractivity contribution in [2.24, 2.45) is 11.8 Å². The minimum atomic E-state index is -0.537. The van der Waals surface area contributed by atoms with Crippen molar-refractivity contribution in [1.82, 2.24) is 10.2 Å². The first-order valence-corrected chi connectivity index (χ1v) is 15.0. The highest BCUT2D eigenvalue weighted by molar-refractivity contribution is 5.97. The summed E-state index contributed by atoms with van der Waals surface area (Å²) in [6, 6.07) is 19.5. The second kappa shape index (κ2) is 10.3. The van der Waals surface area contributed by atoms with Gasteiger partial charge in [-0.15, -0.1) is 0 Å². The maximum Gasteiger partial charge on any atom is 0.255 e. The SMILES string of the molecule is O=C(NCCc1ccc(-c2ccc(O)cc2)cc1)c1ccc2c(c1O)C13CCN(CC4CC4)C(C2)[C@@H]1C=C[C@H](O)C3. The van der Waals surface area contributed by atoms with Crippen LogP contribution in [-0.2, 0) is 18.3 Å². The number of nitrogens with one attached hydrogen (secondary N) is 1. The molecule has 212 valence electrons. The van der Waals surface area contributed by atoms with Gasteiger partial charge in [-0.25, -0.2) is 0 Å². The predicted molar refractivity (Wildman–Crippen MR) is 159 cm³/mol. The zero-order valence-corrected chi connectivity index (χ0v) is 23.3. The summed E-state index contributed by atoms with van der Waals surface area (Å²) in [5.41, 5.74) is 5.21. The highest BCUT2D eigenvalue weighted by Gasteiger charge is 2.55. The van der Waals surface area contributed by atoms with Crippen molar-refractivity contribution in [2.45, 2.75) is 56.1 Å². The van der Waals surface area contributed by atoms with Crippen LogP contribution in [0.25, 0.3) is 11.1 Å². The second-order valence-corrected chi connectivity index (χ2v) is 12.5. The van der Waals surface area contributed by atoms with E-state index in [0.29, 0.717) is 31.0 Å². The van der Waals surface area contributed by atoms with Crippen LogP contribution in [-0.4, -0.2) is 57.9 Å². The highest BCUT2D eigenvalue weighted by Crippen LogP contribution is 2.57. The number of hydrogen-bond donors (Lipinski definition) is 4. The summed E-state index contributed by atoms with van der Waals surface area (Å²) in [5.74, 6) is 1.13. The summed E-state index contributed by atoms with van der Waals surface area (Å²) in [7, 11) is 0. The first-order chi connectivity index (χ1) is 19.9. The smallest absolute Gasteiger partial charge is 0.255 e. The van der Waals surface area contributed by atoms with Gasteiger partial charge in [0.15, 0.2) is 0 Å². The Morgan fingerprint density at radius 3 is 2.41 bits per heavy atom. The molecule has 1 saturated carbocycles. The van der Waals surface area contributed by atoms with Crippen LogP contribution in [0.15, 0.2) is 72.8 Å². The summed E-state index contributed by atoms with van der Waals surface area (Å²) >= 11 is 0. The molecule has 0 aromatic heterocycles. The topological polar surface area (TPSA) is 93.0 Å². The Bertz CT molecular complexity index is 1480. The number of amides is 1. The molecule has 2 fully saturated rings. The monoisotopic (exact) mass is 550 g/mol. The van der Waals surface area contributed by atoms with Crippen LogP contribution in [0.3, 0.4) is 0 Å². The van der Waals surface area contributed by atoms with Crippen molar-refractivity contribution in [3.05, 3.63) is 95.1 Å². The molecule has 0 radical (unpaired) electrons. The zero-order valence-electron chi connectivity index (χ0n) is 23.3. The van der Waals surface area contributed by atoms with Crippen molar-refractivity contribution in [3.63, 3.8) is 0 Å². The van der Waals surface area contributed by atoms with Gasteiger partial charge in [-0.05, 0) is 91.4 Å². The van der Waals surface area contributed by atoms with Gasteiger partial charge in [0.2, 0.25) is 0 Å².